The summed E-state index contributed by atoms with van der Waals surface area (Å²) in [5.41, 5.74) is 1.83. The van der Waals surface area contributed by atoms with Crippen molar-refractivity contribution in [2.45, 2.75) is 59.3 Å². The number of hydrogen-bond donors (Lipinski definition) is 0. The van der Waals surface area contributed by atoms with Crippen molar-refractivity contribution in [3.63, 3.8) is 0 Å². The van der Waals surface area contributed by atoms with Gasteiger partial charge in [0, 0.05) is 0 Å². The van der Waals surface area contributed by atoms with Gasteiger partial charge in [0.1, 0.15) is 0 Å². The van der Waals surface area contributed by atoms with Crippen molar-refractivity contribution in [3.8, 4) is 0 Å². The van der Waals surface area contributed by atoms with Crippen LogP contribution in [-0.4, -0.2) is 43.7 Å². The van der Waals surface area contributed by atoms with Crippen LogP contribution in [0.5, 0.6) is 0 Å². The third kappa shape index (κ3) is 7.74. The first-order valence-electron chi connectivity index (χ1n) is 10.3. The van der Waals surface area contributed by atoms with Crippen molar-refractivity contribution in [1.82, 2.24) is 0 Å². The Morgan fingerprint density at radius 1 is 0.962 bits per heavy atom. The maximum atomic E-state index is 11.5. The molecule has 0 amide bonds. The van der Waals surface area contributed by atoms with Gasteiger partial charge in [-0.1, -0.05) is 44.4 Å². The van der Waals surface area contributed by atoms with Gasteiger partial charge in [0.25, 0.3) is 0 Å². The Morgan fingerprint density at radius 3 is 2.19 bits per heavy atom. The van der Waals surface area contributed by atoms with Crippen LogP contribution in [0.3, 0.4) is 0 Å². The molecule has 3 nitrogen and oxygen atoms in total. The number of esters is 1. The first-order valence-corrected chi connectivity index (χ1v) is 10.3. The van der Waals surface area contributed by atoms with E-state index in [1.54, 1.807) is 0 Å². The Labute approximate surface area is 160 Å². The second kappa shape index (κ2) is 12.7. The van der Waals surface area contributed by atoms with E-state index >= 15 is 0 Å². The van der Waals surface area contributed by atoms with Crippen LogP contribution in [0.1, 0.15) is 68.8 Å². The standard InChI is InChI=1S/C23H38NO2/c1-5-8-9-10-12-19-24(6-2,7-3)20-13-11-14-21-15-17-22(18-16-21)23(25)26-4/h11,13,15-18H,5-10,12,14,19-20H2,1-4H3/q+1. The molecule has 1 aromatic rings. The summed E-state index contributed by atoms with van der Waals surface area (Å²) in [6.45, 7) is 11.7. The van der Waals surface area contributed by atoms with Gasteiger partial charge in [-0.15, -0.1) is 0 Å². The molecule has 0 saturated heterocycles. The molecule has 0 fully saturated rings. The number of benzene rings is 1. The fourth-order valence-electron chi connectivity index (χ4n) is 3.35. The fourth-order valence-corrected chi connectivity index (χ4v) is 3.35. The highest BCUT2D eigenvalue weighted by atomic mass is 16.5. The normalized spacial score (nSPS) is 11.8. The zero-order valence-corrected chi connectivity index (χ0v) is 17.3. The summed E-state index contributed by atoms with van der Waals surface area (Å²) in [5, 5.41) is 0. The molecule has 0 aliphatic carbocycles. The lowest BCUT2D eigenvalue weighted by atomic mass is 10.1. The molecule has 0 unspecified atom stereocenters. The Hall–Kier alpha value is -1.61. The lowest BCUT2D eigenvalue weighted by molar-refractivity contribution is -0.919. The molecule has 0 atom stereocenters. The van der Waals surface area contributed by atoms with E-state index in [4.69, 9.17) is 4.74 Å². The van der Waals surface area contributed by atoms with Crippen LogP contribution < -0.4 is 0 Å². The number of carbonyl (C=O) groups excluding carboxylic acids is 1. The number of methoxy groups -OCH3 is 1. The molecule has 1 rings (SSSR count). The largest absolute Gasteiger partial charge is 0.465 e. The van der Waals surface area contributed by atoms with E-state index in [-0.39, 0.29) is 5.97 Å². The second-order valence-corrected chi connectivity index (χ2v) is 7.16. The van der Waals surface area contributed by atoms with Crippen molar-refractivity contribution in [3.05, 3.63) is 47.5 Å². The van der Waals surface area contributed by atoms with E-state index in [1.807, 2.05) is 24.3 Å². The molecule has 0 spiro atoms. The second-order valence-electron chi connectivity index (χ2n) is 7.16. The van der Waals surface area contributed by atoms with Crippen molar-refractivity contribution in [2.24, 2.45) is 0 Å². The first-order chi connectivity index (χ1) is 12.6. The van der Waals surface area contributed by atoms with E-state index in [0.29, 0.717) is 5.56 Å². The van der Waals surface area contributed by atoms with Crippen LogP contribution in [0.2, 0.25) is 0 Å². The van der Waals surface area contributed by atoms with Gasteiger partial charge in [-0.2, -0.15) is 0 Å². The zero-order valence-electron chi connectivity index (χ0n) is 17.3. The van der Waals surface area contributed by atoms with Gasteiger partial charge in [-0.05, 0) is 56.9 Å². The number of ether oxygens (including phenoxy) is 1. The molecule has 0 saturated carbocycles. The average Bonchev–Trinajstić information content (AvgIpc) is 2.69. The molecule has 0 aromatic heterocycles. The third-order valence-electron chi connectivity index (χ3n) is 5.47. The predicted molar refractivity (Wildman–Crippen MR) is 110 cm³/mol. The van der Waals surface area contributed by atoms with Crippen LogP contribution in [0.4, 0.5) is 0 Å². The van der Waals surface area contributed by atoms with Crippen molar-refractivity contribution in [1.29, 1.82) is 0 Å². The van der Waals surface area contributed by atoms with Gasteiger partial charge < -0.3 is 9.22 Å². The minimum Gasteiger partial charge on any atom is -0.465 e. The molecular weight excluding hydrogens is 322 g/mol. The van der Waals surface area contributed by atoms with Gasteiger partial charge in [-0.3, -0.25) is 0 Å². The number of hydrogen-bond acceptors (Lipinski definition) is 2. The Morgan fingerprint density at radius 2 is 1.62 bits per heavy atom. The molecular formula is C23H38NO2+. The summed E-state index contributed by atoms with van der Waals surface area (Å²) in [6, 6.07) is 7.69. The van der Waals surface area contributed by atoms with E-state index in [9.17, 15) is 4.79 Å². The summed E-state index contributed by atoms with van der Waals surface area (Å²) in [6.07, 6.45) is 12.3. The summed E-state index contributed by atoms with van der Waals surface area (Å²) >= 11 is 0. The molecule has 0 radical (unpaired) electrons. The van der Waals surface area contributed by atoms with E-state index in [1.165, 1.54) is 68.9 Å². The number of quaternary nitrogens is 1. The number of carbonyl (C=O) groups is 1. The molecule has 0 aliphatic rings. The monoisotopic (exact) mass is 360 g/mol. The molecule has 1 aromatic carbocycles. The van der Waals surface area contributed by atoms with Crippen LogP contribution in [0.25, 0.3) is 0 Å². The van der Waals surface area contributed by atoms with Crippen LogP contribution in [0, 0.1) is 0 Å². The average molecular weight is 361 g/mol. The Bertz CT molecular complexity index is 530. The maximum Gasteiger partial charge on any atom is 0.337 e. The SMILES string of the molecule is CCCCCCC[N+](CC)(CC)CC=CCc1ccc(C(=O)OC)cc1. The minimum absolute atomic E-state index is 0.279. The molecule has 0 bridgehead atoms. The number of rotatable bonds is 13. The van der Waals surface area contributed by atoms with E-state index in [0.717, 1.165) is 13.0 Å². The summed E-state index contributed by atoms with van der Waals surface area (Å²) < 4.78 is 5.92. The number of allylic oxidation sites excluding steroid dienone is 1. The first kappa shape index (κ1) is 22.4. The van der Waals surface area contributed by atoms with Crippen LogP contribution >= 0.6 is 0 Å². The highest BCUT2D eigenvalue weighted by molar-refractivity contribution is 5.89. The fraction of sp³-hybridized carbons (Fsp3) is 0.609. The molecule has 0 heterocycles. The maximum absolute atomic E-state index is 11.5. The Balaban J connectivity index is 2.48. The van der Waals surface area contributed by atoms with Gasteiger partial charge in [0.15, 0.2) is 0 Å². The zero-order chi connectivity index (χ0) is 19.3. The highest BCUT2D eigenvalue weighted by Crippen LogP contribution is 2.12. The number of likely N-dealkylation sites (N-methyl/N-ethyl adjacent to an activating group) is 1. The molecule has 3 heteroatoms. The van der Waals surface area contributed by atoms with Crippen molar-refractivity contribution < 1.29 is 14.0 Å². The van der Waals surface area contributed by atoms with Gasteiger partial charge in [0.05, 0.1) is 38.9 Å². The minimum atomic E-state index is -0.279. The van der Waals surface area contributed by atoms with Crippen molar-refractivity contribution in [2.75, 3.05) is 33.3 Å². The molecule has 0 aliphatic heterocycles. The van der Waals surface area contributed by atoms with E-state index in [2.05, 4.69) is 32.9 Å². The van der Waals surface area contributed by atoms with Crippen LogP contribution in [-0.2, 0) is 11.2 Å². The van der Waals surface area contributed by atoms with Gasteiger partial charge in [0.2, 0.25) is 0 Å². The van der Waals surface area contributed by atoms with Crippen LogP contribution in [0.15, 0.2) is 36.4 Å². The van der Waals surface area contributed by atoms with Gasteiger partial charge in [-0.25, -0.2) is 4.79 Å². The number of unbranched alkanes of at least 4 members (excludes halogenated alkanes) is 4. The third-order valence-corrected chi connectivity index (χ3v) is 5.47. The van der Waals surface area contributed by atoms with Crippen molar-refractivity contribution >= 4 is 5.97 Å². The Kier molecular flexibility index (Phi) is 11.0. The highest BCUT2D eigenvalue weighted by Gasteiger charge is 2.20. The summed E-state index contributed by atoms with van der Waals surface area (Å²) in [7, 11) is 1.41. The lowest BCUT2D eigenvalue weighted by Crippen LogP contribution is -2.48. The molecule has 146 valence electrons. The van der Waals surface area contributed by atoms with Gasteiger partial charge >= 0.3 is 5.97 Å². The summed E-state index contributed by atoms with van der Waals surface area (Å²) in [5.74, 6) is -0.279. The topological polar surface area (TPSA) is 26.3 Å². The summed E-state index contributed by atoms with van der Waals surface area (Å²) in [4.78, 5) is 11.5. The number of nitrogens with zero attached hydrogens (tertiary/aromatic N) is 1. The molecule has 0 N–H and O–H groups in total. The lowest BCUT2D eigenvalue weighted by Gasteiger charge is -2.36. The molecule has 26 heavy (non-hydrogen) atoms. The van der Waals surface area contributed by atoms with E-state index < -0.39 is 0 Å². The smallest absolute Gasteiger partial charge is 0.337 e. The quantitative estimate of drug-likeness (QED) is 0.204. The predicted octanol–water partition coefficient (Wildman–Crippen LogP) is 5.40.